The quantitative estimate of drug-likeness (QED) is 0.824. The van der Waals surface area contributed by atoms with Crippen LogP contribution in [-0.2, 0) is 16.1 Å². The van der Waals surface area contributed by atoms with Crippen LogP contribution >= 0.6 is 11.3 Å². The number of rotatable bonds is 6. The second kappa shape index (κ2) is 8.95. The molecule has 6 nitrogen and oxygen atoms in total. The Morgan fingerprint density at radius 1 is 1.38 bits per heavy atom. The van der Waals surface area contributed by atoms with Gasteiger partial charge in [-0.05, 0) is 25.7 Å². The predicted octanol–water partition coefficient (Wildman–Crippen LogP) is 2.18. The highest BCUT2D eigenvalue weighted by Crippen LogP contribution is 2.26. The van der Waals surface area contributed by atoms with E-state index in [0.29, 0.717) is 19.0 Å². The highest BCUT2D eigenvalue weighted by Gasteiger charge is 2.33. The molecule has 144 valence electrons. The van der Waals surface area contributed by atoms with Crippen molar-refractivity contribution in [3.8, 4) is 0 Å². The van der Waals surface area contributed by atoms with E-state index >= 15 is 0 Å². The van der Waals surface area contributed by atoms with Crippen molar-refractivity contribution in [3.63, 3.8) is 0 Å². The van der Waals surface area contributed by atoms with Crippen molar-refractivity contribution >= 4 is 23.2 Å². The van der Waals surface area contributed by atoms with E-state index in [-0.39, 0.29) is 24.3 Å². The molecule has 1 aromatic rings. The van der Waals surface area contributed by atoms with Crippen LogP contribution in [0, 0.1) is 12.8 Å². The largest absolute Gasteiger partial charge is 0.353 e. The number of piperazine rings is 1. The number of hydrogen-bond donors (Lipinski definition) is 1. The van der Waals surface area contributed by atoms with Gasteiger partial charge in [0.05, 0.1) is 19.0 Å². The maximum atomic E-state index is 12.7. The minimum absolute atomic E-state index is 0.00102. The van der Waals surface area contributed by atoms with Crippen LogP contribution in [0.2, 0.25) is 0 Å². The fourth-order valence-electron chi connectivity index (χ4n) is 3.99. The smallest absolute Gasteiger partial charge is 0.237 e. The van der Waals surface area contributed by atoms with E-state index in [9.17, 15) is 9.59 Å². The van der Waals surface area contributed by atoms with Crippen LogP contribution in [0.15, 0.2) is 5.38 Å². The van der Waals surface area contributed by atoms with Gasteiger partial charge in [0.1, 0.15) is 5.01 Å². The van der Waals surface area contributed by atoms with Gasteiger partial charge in [0, 0.05) is 37.8 Å². The number of carbonyl (C=O) groups excluding carboxylic acids is 2. The lowest BCUT2D eigenvalue weighted by molar-refractivity contribution is -0.138. The van der Waals surface area contributed by atoms with E-state index in [4.69, 9.17) is 0 Å². The van der Waals surface area contributed by atoms with E-state index < -0.39 is 0 Å². The van der Waals surface area contributed by atoms with E-state index in [0.717, 1.165) is 23.8 Å². The summed E-state index contributed by atoms with van der Waals surface area (Å²) in [4.78, 5) is 33.5. The number of hydrogen-bond acceptors (Lipinski definition) is 5. The normalized spacial score (nSPS) is 22.2. The number of nitrogens with zero attached hydrogens (tertiary/aromatic N) is 3. The first kappa shape index (κ1) is 19.3. The van der Waals surface area contributed by atoms with Gasteiger partial charge in [-0.2, -0.15) is 0 Å². The summed E-state index contributed by atoms with van der Waals surface area (Å²) >= 11 is 1.57. The maximum Gasteiger partial charge on any atom is 0.237 e. The standard InChI is InChI=1S/C19H30N4O2S/c1-14-13-26-17(21-14)12-22(2)18(24)10-16-19(25)20-8-9-23(16)11-15-6-4-3-5-7-15/h13,15-16H,3-12H2,1-2H3,(H,20,25)/t16-/m1/s1. The zero-order valence-corrected chi connectivity index (χ0v) is 16.7. The molecule has 1 aromatic heterocycles. The van der Waals surface area contributed by atoms with E-state index in [1.54, 1.807) is 23.3 Å². The van der Waals surface area contributed by atoms with Crippen molar-refractivity contribution in [2.75, 3.05) is 26.7 Å². The van der Waals surface area contributed by atoms with Gasteiger partial charge < -0.3 is 10.2 Å². The zero-order valence-electron chi connectivity index (χ0n) is 15.9. The van der Waals surface area contributed by atoms with Crippen molar-refractivity contribution in [2.24, 2.45) is 5.92 Å². The van der Waals surface area contributed by atoms with Gasteiger partial charge in [0.25, 0.3) is 0 Å². The Kier molecular flexibility index (Phi) is 6.64. The lowest BCUT2D eigenvalue weighted by atomic mass is 9.88. The Morgan fingerprint density at radius 3 is 2.85 bits per heavy atom. The molecule has 3 rings (SSSR count). The molecule has 0 aromatic carbocycles. The molecule has 1 N–H and O–H groups in total. The van der Waals surface area contributed by atoms with Gasteiger partial charge in [0.15, 0.2) is 0 Å². The number of nitrogens with one attached hydrogen (secondary N) is 1. The molecule has 1 saturated heterocycles. The number of amides is 2. The zero-order chi connectivity index (χ0) is 18.5. The van der Waals surface area contributed by atoms with Gasteiger partial charge in [-0.15, -0.1) is 11.3 Å². The molecular weight excluding hydrogens is 348 g/mol. The summed E-state index contributed by atoms with van der Waals surface area (Å²) in [6.45, 7) is 4.94. The number of aryl methyl sites for hydroxylation is 1. The Morgan fingerprint density at radius 2 is 2.15 bits per heavy atom. The Hall–Kier alpha value is -1.47. The first-order valence-electron chi connectivity index (χ1n) is 9.69. The molecule has 0 spiro atoms. The van der Waals surface area contributed by atoms with Crippen LogP contribution in [0.3, 0.4) is 0 Å². The molecule has 0 radical (unpaired) electrons. The Bertz CT molecular complexity index is 627. The minimum Gasteiger partial charge on any atom is -0.353 e. The molecule has 26 heavy (non-hydrogen) atoms. The van der Waals surface area contributed by atoms with Crippen molar-refractivity contribution in [1.82, 2.24) is 20.1 Å². The van der Waals surface area contributed by atoms with Gasteiger partial charge in [-0.25, -0.2) is 4.98 Å². The van der Waals surface area contributed by atoms with Crippen molar-refractivity contribution < 1.29 is 9.59 Å². The van der Waals surface area contributed by atoms with Gasteiger partial charge in [-0.3, -0.25) is 14.5 Å². The van der Waals surface area contributed by atoms with Gasteiger partial charge in [-0.1, -0.05) is 19.3 Å². The summed E-state index contributed by atoms with van der Waals surface area (Å²) < 4.78 is 0. The van der Waals surface area contributed by atoms with Crippen LogP contribution < -0.4 is 5.32 Å². The van der Waals surface area contributed by atoms with Gasteiger partial charge in [0.2, 0.25) is 11.8 Å². The third-order valence-corrected chi connectivity index (χ3v) is 6.44. The SMILES string of the molecule is Cc1csc(CN(C)C(=O)C[C@@H]2C(=O)NCCN2CC2CCCCC2)n1. The second-order valence-corrected chi connectivity index (χ2v) is 8.59. The summed E-state index contributed by atoms with van der Waals surface area (Å²) in [7, 11) is 1.80. The third kappa shape index (κ3) is 5.04. The van der Waals surface area contributed by atoms with Crippen LogP contribution in [0.25, 0.3) is 0 Å². The first-order chi connectivity index (χ1) is 12.5. The molecule has 2 fully saturated rings. The Balaban J connectivity index is 1.58. The van der Waals surface area contributed by atoms with Gasteiger partial charge >= 0.3 is 0 Å². The summed E-state index contributed by atoms with van der Waals surface area (Å²) in [5.41, 5.74) is 0.983. The molecule has 2 amide bonds. The minimum atomic E-state index is -0.335. The monoisotopic (exact) mass is 378 g/mol. The molecular formula is C19H30N4O2S. The van der Waals surface area contributed by atoms with Crippen molar-refractivity contribution in [1.29, 1.82) is 0 Å². The summed E-state index contributed by atoms with van der Waals surface area (Å²) in [6.07, 6.45) is 6.68. The van der Waals surface area contributed by atoms with Crippen LogP contribution in [0.5, 0.6) is 0 Å². The third-order valence-electron chi connectivity index (χ3n) is 5.49. The van der Waals surface area contributed by atoms with E-state index in [1.807, 2.05) is 12.3 Å². The molecule has 2 aliphatic rings. The molecule has 1 aliphatic heterocycles. The highest BCUT2D eigenvalue weighted by atomic mass is 32.1. The average Bonchev–Trinajstić information content (AvgIpc) is 3.03. The molecule has 7 heteroatoms. The first-order valence-corrected chi connectivity index (χ1v) is 10.6. The van der Waals surface area contributed by atoms with Crippen LogP contribution in [0.4, 0.5) is 0 Å². The topological polar surface area (TPSA) is 65.5 Å². The highest BCUT2D eigenvalue weighted by molar-refractivity contribution is 7.09. The Labute approximate surface area is 160 Å². The lowest BCUT2D eigenvalue weighted by Crippen LogP contribution is -2.57. The number of carbonyl (C=O) groups is 2. The molecule has 0 bridgehead atoms. The fourth-order valence-corrected chi connectivity index (χ4v) is 4.82. The molecule has 0 unspecified atom stereocenters. The molecule has 1 atom stereocenters. The molecule has 1 saturated carbocycles. The van der Waals surface area contributed by atoms with E-state index in [2.05, 4.69) is 15.2 Å². The average molecular weight is 379 g/mol. The van der Waals surface area contributed by atoms with Crippen molar-refractivity contribution in [3.05, 3.63) is 16.1 Å². The maximum absolute atomic E-state index is 12.7. The van der Waals surface area contributed by atoms with Crippen molar-refractivity contribution in [2.45, 2.75) is 58.0 Å². The molecule has 2 heterocycles. The van der Waals surface area contributed by atoms with Crippen LogP contribution in [0.1, 0.15) is 49.2 Å². The fraction of sp³-hybridized carbons (Fsp3) is 0.737. The summed E-state index contributed by atoms with van der Waals surface area (Å²) in [6, 6.07) is -0.335. The number of thiazole rings is 1. The lowest BCUT2D eigenvalue weighted by Gasteiger charge is -2.38. The number of aromatic nitrogens is 1. The van der Waals surface area contributed by atoms with Crippen LogP contribution in [-0.4, -0.2) is 59.3 Å². The second-order valence-electron chi connectivity index (χ2n) is 7.64. The molecule has 1 aliphatic carbocycles. The van der Waals surface area contributed by atoms with E-state index in [1.165, 1.54) is 32.1 Å². The predicted molar refractivity (Wildman–Crippen MR) is 103 cm³/mol. The summed E-state index contributed by atoms with van der Waals surface area (Å²) in [5.74, 6) is 0.677. The summed E-state index contributed by atoms with van der Waals surface area (Å²) in [5, 5.41) is 5.86.